The van der Waals surface area contributed by atoms with Crippen molar-refractivity contribution in [3.05, 3.63) is 83.7 Å². The van der Waals surface area contributed by atoms with E-state index in [-0.39, 0.29) is 24.3 Å². The van der Waals surface area contributed by atoms with Gasteiger partial charge in [-0.1, -0.05) is 58.0 Å². The van der Waals surface area contributed by atoms with Crippen molar-refractivity contribution in [1.29, 1.82) is 0 Å². The fourth-order valence-corrected chi connectivity index (χ4v) is 4.97. The zero-order valence-corrected chi connectivity index (χ0v) is 21.4. The maximum absolute atomic E-state index is 14.0. The predicted octanol–water partition coefficient (Wildman–Crippen LogP) is 5.92. The lowest BCUT2D eigenvalue weighted by Crippen LogP contribution is -2.27. The number of amides is 1. The van der Waals surface area contributed by atoms with Crippen molar-refractivity contribution in [3.63, 3.8) is 0 Å². The van der Waals surface area contributed by atoms with Crippen LogP contribution in [0.2, 0.25) is 0 Å². The van der Waals surface area contributed by atoms with E-state index in [4.69, 9.17) is 4.74 Å². The third kappa shape index (κ3) is 6.00. The van der Waals surface area contributed by atoms with Crippen LogP contribution in [0.5, 0.6) is 5.75 Å². The minimum absolute atomic E-state index is 0.202. The Morgan fingerprint density at radius 2 is 1.49 bits per heavy atom. The Balaban J connectivity index is 1.69. The summed E-state index contributed by atoms with van der Waals surface area (Å²) in [5.74, 6) is -0.208. The van der Waals surface area contributed by atoms with Gasteiger partial charge in [-0.2, -0.15) is 0 Å². The molecule has 0 unspecified atom stereocenters. The van der Waals surface area contributed by atoms with Crippen LogP contribution < -0.4 is 14.4 Å². The molecular weight excluding hydrogens is 467 g/mol. The topological polar surface area (TPSA) is 75.7 Å². The summed E-state index contributed by atoms with van der Waals surface area (Å²) in [6, 6.07) is 17.5. The number of sulfonamides is 1. The summed E-state index contributed by atoms with van der Waals surface area (Å²) in [6.07, 6.45) is 0. The van der Waals surface area contributed by atoms with Crippen LogP contribution in [0.4, 0.5) is 15.8 Å². The van der Waals surface area contributed by atoms with Crippen LogP contribution in [-0.4, -0.2) is 28.0 Å². The highest BCUT2D eigenvalue weighted by Gasteiger charge is 2.24. The van der Waals surface area contributed by atoms with Gasteiger partial charge in [-0.3, -0.25) is 9.10 Å². The van der Waals surface area contributed by atoms with E-state index in [1.165, 1.54) is 37.4 Å². The van der Waals surface area contributed by atoms with Gasteiger partial charge in [-0.25, -0.2) is 12.8 Å². The highest BCUT2D eigenvalue weighted by Crippen LogP contribution is 2.32. The molecule has 0 aliphatic rings. The van der Waals surface area contributed by atoms with Crippen molar-refractivity contribution < 1.29 is 22.3 Å². The van der Waals surface area contributed by atoms with Crippen molar-refractivity contribution in [1.82, 2.24) is 0 Å². The number of ether oxygens (including phenoxy) is 1. The molecule has 0 aliphatic carbocycles. The van der Waals surface area contributed by atoms with Crippen LogP contribution >= 0.6 is 0 Å². The number of nitrogens with zero attached hydrogens (tertiary/aromatic N) is 1. The Morgan fingerprint density at radius 1 is 0.914 bits per heavy atom. The summed E-state index contributed by atoms with van der Waals surface area (Å²) in [5.41, 5.74) is 3.28. The molecule has 0 aliphatic heterocycles. The largest absolute Gasteiger partial charge is 0.484 e. The molecule has 0 radical (unpaired) electrons. The number of anilines is 2. The summed E-state index contributed by atoms with van der Waals surface area (Å²) in [4.78, 5) is 12.3. The molecule has 0 saturated carbocycles. The van der Waals surface area contributed by atoms with Crippen molar-refractivity contribution >= 4 is 27.3 Å². The fraction of sp³-hybridized carbons (Fsp3) is 0.296. The fourth-order valence-electron chi connectivity index (χ4n) is 3.71. The van der Waals surface area contributed by atoms with E-state index in [1.54, 1.807) is 12.1 Å². The van der Waals surface area contributed by atoms with Crippen LogP contribution in [0.15, 0.2) is 71.6 Å². The first-order chi connectivity index (χ1) is 16.5. The average Bonchev–Trinajstić information content (AvgIpc) is 2.82. The zero-order valence-electron chi connectivity index (χ0n) is 20.6. The molecule has 3 aromatic carbocycles. The van der Waals surface area contributed by atoms with E-state index < -0.39 is 20.7 Å². The van der Waals surface area contributed by atoms with Crippen molar-refractivity contribution in [3.8, 4) is 5.75 Å². The Hall–Kier alpha value is -3.39. The lowest BCUT2D eigenvalue weighted by molar-refractivity contribution is -0.118. The van der Waals surface area contributed by atoms with E-state index in [2.05, 4.69) is 33.0 Å². The Kier molecular flexibility index (Phi) is 8.17. The van der Waals surface area contributed by atoms with Crippen LogP contribution in [0.1, 0.15) is 50.7 Å². The summed E-state index contributed by atoms with van der Waals surface area (Å²) >= 11 is 0. The van der Waals surface area contributed by atoms with Gasteiger partial charge in [-0.05, 0) is 59.4 Å². The number of hydrogen-bond donors (Lipinski definition) is 1. The van der Waals surface area contributed by atoms with E-state index in [0.29, 0.717) is 11.4 Å². The molecule has 186 valence electrons. The average molecular weight is 499 g/mol. The van der Waals surface area contributed by atoms with Crippen LogP contribution in [-0.2, 0) is 14.8 Å². The lowest BCUT2D eigenvalue weighted by Gasteiger charge is -2.21. The van der Waals surface area contributed by atoms with Crippen LogP contribution in [0.3, 0.4) is 0 Å². The summed E-state index contributed by atoms with van der Waals surface area (Å²) < 4.78 is 46.2. The second-order valence-corrected chi connectivity index (χ2v) is 10.8. The Bertz CT molecular complexity index is 1260. The first-order valence-corrected chi connectivity index (χ1v) is 12.8. The van der Waals surface area contributed by atoms with Gasteiger partial charge in [0.1, 0.15) is 16.5 Å². The molecule has 0 atom stereocenters. The molecule has 3 aromatic rings. The SMILES string of the molecule is CC(C)c1cccc(C(C)C)c1NC(=O)COc1ccc(N(C)S(=O)(=O)c2ccccc2F)cc1. The predicted molar refractivity (Wildman–Crippen MR) is 137 cm³/mol. The number of halogens is 1. The third-order valence-electron chi connectivity index (χ3n) is 5.68. The first kappa shape index (κ1) is 26.2. The Morgan fingerprint density at radius 3 is 2.03 bits per heavy atom. The quantitative estimate of drug-likeness (QED) is 0.398. The minimum Gasteiger partial charge on any atom is -0.484 e. The number of hydrogen-bond acceptors (Lipinski definition) is 4. The number of nitrogens with one attached hydrogen (secondary N) is 1. The van der Waals surface area contributed by atoms with Crippen molar-refractivity contribution in [2.24, 2.45) is 0 Å². The highest BCUT2D eigenvalue weighted by molar-refractivity contribution is 7.92. The van der Waals surface area contributed by atoms with Crippen LogP contribution in [0, 0.1) is 5.82 Å². The summed E-state index contributed by atoms with van der Waals surface area (Å²) in [5, 5.41) is 3.00. The molecule has 3 rings (SSSR count). The molecule has 0 heterocycles. The van der Waals surface area contributed by atoms with Gasteiger partial charge < -0.3 is 10.1 Å². The minimum atomic E-state index is -4.06. The molecule has 0 saturated heterocycles. The third-order valence-corrected chi connectivity index (χ3v) is 7.50. The molecular formula is C27H31FN2O4S. The number of para-hydroxylation sites is 1. The number of carbonyl (C=O) groups is 1. The second-order valence-electron chi connectivity index (χ2n) is 8.85. The van der Waals surface area contributed by atoms with E-state index >= 15 is 0 Å². The maximum atomic E-state index is 14.0. The van der Waals surface area contributed by atoms with Gasteiger partial charge in [-0.15, -0.1) is 0 Å². The first-order valence-electron chi connectivity index (χ1n) is 11.4. The number of benzene rings is 3. The zero-order chi connectivity index (χ0) is 25.8. The summed E-state index contributed by atoms with van der Waals surface area (Å²) in [7, 11) is -2.71. The number of rotatable bonds is 9. The van der Waals surface area contributed by atoms with Gasteiger partial charge in [0.25, 0.3) is 15.9 Å². The van der Waals surface area contributed by atoms with Crippen molar-refractivity contribution in [2.45, 2.75) is 44.4 Å². The molecule has 1 N–H and O–H groups in total. The van der Waals surface area contributed by atoms with E-state index in [9.17, 15) is 17.6 Å². The van der Waals surface area contributed by atoms with Crippen LogP contribution in [0.25, 0.3) is 0 Å². The molecule has 0 aromatic heterocycles. The normalized spacial score (nSPS) is 11.5. The van der Waals surface area contributed by atoms with E-state index in [0.717, 1.165) is 27.2 Å². The highest BCUT2D eigenvalue weighted by atomic mass is 32.2. The number of carbonyl (C=O) groups excluding carboxylic acids is 1. The lowest BCUT2D eigenvalue weighted by atomic mass is 9.92. The Labute approximate surface area is 206 Å². The van der Waals surface area contributed by atoms with E-state index in [1.807, 2.05) is 18.2 Å². The monoisotopic (exact) mass is 498 g/mol. The molecule has 0 bridgehead atoms. The second kappa shape index (κ2) is 10.9. The molecule has 35 heavy (non-hydrogen) atoms. The molecule has 8 heteroatoms. The molecule has 1 amide bonds. The van der Waals surface area contributed by atoms with Crippen molar-refractivity contribution in [2.75, 3.05) is 23.3 Å². The van der Waals surface area contributed by atoms with Gasteiger partial charge >= 0.3 is 0 Å². The van der Waals surface area contributed by atoms with Gasteiger partial charge in [0, 0.05) is 12.7 Å². The summed E-state index contributed by atoms with van der Waals surface area (Å²) in [6.45, 7) is 8.12. The maximum Gasteiger partial charge on any atom is 0.266 e. The molecule has 0 fully saturated rings. The molecule has 6 nitrogen and oxygen atoms in total. The smallest absolute Gasteiger partial charge is 0.266 e. The van der Waals surface area contributed by atoms with Gasteiger partial charge in [0.15, 0.2) is 6.61 Å². The van der Waals surface area contributed by atoms with Gasteiger partial charge in [0.2, 0.25) is 0 Å². The molecule has 0 spiro atoms. The van der Waals surface area contributed by atoms with Gasteiger partial charge in [0.05, 0.1) is 5.69 Å². The standard InChI is InChI=1S/C27H31FN2O4S/c1-18(2)22-9-8-10-23(19(3)4)27(22)29-26(31)17-34-21-15-13-20(14-16-21)30(5)35(32,33)25-12-7-6-11-24(25)28/h6-16,18-19H,17H2,1-5H3,(H,29,31).